The topological polar surface area (TPSA) is 0 Å². The van der Waals surface area contributed by atoms with Gasteiger partial charge < -0.3 is 0 Å². The highest BCUT2D eigenvalue weighted by atomic mass is 19.2. The fraction of sp³-hybridized carbons (Fsp3) is 0.714. The number of benzene rings is 1. The third-order valence-corrected chi connectivity index (χ3v) is 7.21. The number of hydrogen-bond donors (Lipinski definition) is 0. The summed E-state index contributed by atoms with van der Waals surface area (Å²) in [7, 11) is 0. The van der Waals surface area contributed by atoms with Crippen molar-refractivity contribution in [2.75, 3.05) is 0 Å². The third kappa shape index (κ3) is 2.78. The van der Waals surface area contributed by atoms with E-state index < -0.39 is 17.5 Å². The van der Waals surface area contributed by atoms with Crippen LogP contribution in [-0.4, -0.2) is 0 Å². The Morgan fingerprint density at radius 1 is 0.792 bits per heavy atom. The molecule has 0 heterocycles. The molecule has 24 heavy (non-hydrogen) atoms. The molecule has 0 bridgehead atoms. The summed E-state index contributed by atoms with van der Waals surface area (Å²) in [4.78, 5) is 0. The van der Waals surface area contributed by atoms with E-state index in [4.69, 9.17) is 0 Å². The molecular weight excluding hydrogens is 309 g/mol. The Bertz CT molecular complexity index is 616. The van der Waals surface area contributed by atoms with Gasteiger partial charge in [-0.2, -0.15) is 0 Å². The first-order valence-corrected chi connectivity index (χ1v) is 9.70. The van der Waals surface area contributed by atoms with Gasteiger partial charge in [0.25, 0.3) is 0 Å². The van der Waals surface area contributed by atoms with Crippen LogP contribution in [0.4, 0.5) is 13.2 Å². The summed E-state index contributed by atoms with van der Waals surface area (Å²) in [5.41, 5.74) is 1.21. The molecule has 0 nitrogen and oxygen atoms in total. The highest BCUT2D eigenvalue weighted by Crippen LogP contribution is 2.51. The van der Waals surface area contributed by atoms with Crippen molar-refractivity contribution in [1.82, 2.24) is 0 Å². The summed E-state index contributed by atoms with van der Waals surface area (Å²) in [6.45, 7) is 2.35. The van der Waals surface area contributed by atoms with Crippen LogP contribution in [0.15, 0.2) is 6.07 Å². The largest absolute Gasteiger partial charge is 0.204 e. The van der Waals surface area contributed by atoms with E-state index in [1.807, 2.05) is 0 Å². The van der Waals surface area contributed by atoms with Crippen LogP contribution in [0.25, 0.3) is 0 Å². The number of rotatable bonds is 1. The lowest BCUT2D eigenvalue weighted by Crippen LogP contribution is -2.33. The Kier molecular flexibility index (Phi) is 4.38. The molecule has 0 N–H and O–H groups in total. The smallest absolute Gasteiger partial charge is 0.194 e. The molecule has 0 spiro atoms. The highest BCUT2D eigenvalue weighted by molar-refractivity contribution is 5.36. The maximum atomic E-state index is 14.1. The zero-order chi connectivity index (χ0) is 16.8. The molecular formula is C21H27F3. The van der Waals surface area contributed by atoms with Crippen molar-refractivity contribution in [3.05, 3.63) is 34.6 Å². The van der Waals surface area contributed by atoms with Crippen molar-refractivity contribution in [2.24, 2.45) is 23.7 Å². The molecule has 1 aromatic rings. The number of halogens is 3. The van der Waals surface area contributed by atoms with E-state index in [0.717, 1.165) is 36.2 Å². The monoisotopic (exact) mass is 336 g/mol. The first kappa shape index (κ1) is 16.5. The Morgan fingerprint density at radius 3 is 2.25 bits per heavy atom. The Morgan fingerprint density at radius 2 is 1.50 bits per heavy atom. The molecule has 1 aromatic carbocycles. The van der Waals surface area contributed by atoms with E-state index in [0.29, 0.717) is 17.9 Å². The first-order chi connectivity index (χ1) is 11.5. The molecule has 4 rings (SSSR count). The van der Waals surface area contributed by atoms with Crippen LogP contribution in [0.5, 0.6) is 0 Å². The van der Waals surface area contributed by atoms with Crippen molar-refractivity contribution in [1.29, 1.82) is 0 Å². The molecule has 3 heteroatoms. The molecule has 3 aliphatic carbocycles. The predicted octanol–water partition coefficient (Wildman–Crippen LogP) is 6.38. The molecule has 0 saturated heterocycles. The molecule has 0 radical (unpaired) electrons. The molecule has 0 aromatic heterocycles. The van der Waals surface area contributed by atoms with Crippen molar-refractivity contribution >= 4 is 0 Å². The minimum absolute atomic E-state index is 0.233. The van der Waals surface area contributed by atoms with Gasteiger partial charge in [-0.25, -0.2) is 13.2 Å². The highest BCUT2D eigenvalue weighted by Gasteiger charge is 2.39. The van der Waals surface area contributed by atoms with Crippen LogP contribution in [0.1, 0.15) is 75.3 Å². The molecule has 2 saturated carbocycles. The fourth-order valence-corrected chi connectivity index (χ4v) is 5.78. The van der Waals surface area contributed by atoms with Gasteiger partial charge in [0, 0.05) is 0 Å². The van der Waals surface area contributed by atoms with Gasteiger partial charge in [0.05, 0.1) is 0 Å². The average Bonchev–Trinajstić information content (AvgIpc) is 2.60. The maximum absolute atomic E-state index is 14.1. The van der Waals surface area contributed by atoms with E-state index in [1.54, 1.807) is 0 Å². The zero-order valence-corrected chi connectivity index (χ0v) is 14.5. The van der Waals surface area contributed by atoms with Gasteiger partial charge in [-0.15, -0.1) is 0 Å². The number of hydrogen-bond acceptors (Lipinski definition) is 0. The van der Waals surface area contributed by atoms with E-state index in [2.05, 4.69) is 6.92 Å². The van der Waals surface area contributed by atoms with Gasteiger partial charge in [-0.05, 0) is 91.7 Å². The van der Waals surface area contributed by atoms with E-state index in [1.165, 1.54) is 44.6 Å². The molecule has 3 unspecified atom stereocenters. The van der Waals surface area contributed by atoms with E-state index in [-0.39, 0.29) is 5.92 Å². The molecule has 0 amide bonds. The molecule has 2 fully saturated rings. The Balaban J connectivity index is 1.52. The zero-order valence-electron chi connectivity index (χ0n) is 14.5. The van der Waals surface area contributed by atoms with Crippen LogP contribution in [0.3, 0.4) is 0 Å². The Labute approximate surface area is 142 Å². The van der Waals surface area contributed by atoms with Crippen molar-refractivity contribution in [3.63, 3.8) is 0 Å². The lowest BCUT2D eigenvalue weighted by atomic mass is 9.61. The van der Waals surface area contributed by atoms with Crippen LogP contribution in [0.2, 0.25) is 0 Å². The normalized spacial score (nSPS) is 36.1. The summed E-state index contributed by atoms with van der Waals surface area (Å²) in [6, 6.07) is 1.28. The lowest BCUT2D eigenvalue weighted by Gasteiger charge is -2.44. The van der Waals surface area contributed by atoms with Gasteiger partial charge >= 0.3 is 0 Å². The third-order valence-electron chi connectivity index (χ3n) is 7.21. The number of fused-ring (bicyclic) bond motifs is 3. The van der Waals surface area contributed by atoms with Gasteiger partial charge in [-0.1, -0.05) is 19.8 Å². The summed E-state index contributed by atoms with van der Waals surface area (Å²) in [5.74, 6) is 0.0250. The van der Waals surface area contributed by atoms with Crippen LogP contribution >= 0.6 is 0 Å². The fourth-order valence-electron chi connectivity index (χ4n) is 5.78. The van der Waals surface area contributed by atoms with Gasteiger partial charge in [0.15, 0.2) is 17.5 Å². The van der Waals surface area contributed by atoms with Crippen LogP contribution < -0.4 is 0 Å². The summed E-state index contributed by atoms with van der Waals surface area (Å²) in [5, 5.41) is 0. The van der Waals surface area contributed by atoms with E-state index >= 15 is 0 Å². The second kappa shape index (κ2) is 6.38. The Hall–Kier alpha value is -0.990. The predicted molar refractivity (Wildman–Crippen MR) is 89.3 cm³/mol. The molecule has 132 valence electrons. The summed E-state index contributed by atoms with van der Waals surface area (Å²) < 4.78 is 41.3. The van der Waals surface area contributed by atoms with Crippen molar-refractivity contribution < 1.29 is 13.2 Å². The van der Waals surface area contributed by atoms with Crippen LogP contribution in [-0.2, 0) is 6.42 Å². The standard InChI is InChI=1S/C21H27F3/c1-12-2-4-13(5-3-12)14-6-8-16-15(10-14)7-9-17-18(16)11-19(22)21(24)20(17)23/h11-16H,2-10H2,1H3. The minimum Gasteiger partial charge on any atom is -0.204 e. The SMILES string of the molecule is CC1CCC(C2CCC3c4cc(F)c(F)c(F)c4CCC3C2)CC1. The van der Waals surface area contributed by atoms with Gasteiger partial charge in [0.1, 0.15) is 0 Å². The minimum atomic E-state index is -1.29. The van der Waals surface area contributed by atoms with Crippen LogP contribution in [0, 0.1) is 41.1 Å². The first-order valence-electron chi connectivity index (χ1n) is 9.70. The molecule has 0 aliphatic heterocycles. The lowest BCUT2D eigenvalue weighted by molar-refractivity contribution is 0.121. The second-order valence-corrected chi connectivity index (χ2v) is 8.55. The molecule has 3 atom stereocenters. The molecule has 3 aliphatic rings. The second-order valence-electron chi connectivity index (χ2n) is 8.55. The quantitative estimate of drug-likeness (QED) is 0.522. The maximum Gasteiger partial charge on any atom is 0.194 e. The average molecular weight is 336 g/mol. The van der Waals surface area contributed by atoms with E-state index in [9.17, 15) is 13.2 Å². The van der Waals surface area contributed by atoms with Gasteiger partial charge in [-0.3, -0.25) is 0 Å². The van der Waals surface area contributed by atoms with Crippen molar-refractivity contribution in [3.8, 4) is 0 Å². The summed E-state index contributed by atoms with van der Waals surface area (Å²) >= 11 is 0. The van der Waals surface area contributed by atoms with Crippen molar-refractivity contribution in [2.45, 2.75) is 70.6 Å². The summed E-state index contributed by atoms with van der Waals surface area (Å²) in [6.07, 6.45) is 10.3. The van der Waals surface area contributed by atoms with Gasteiger partial charge in [0.2, 0.25) is 0 Å².